The zero-order valence-electron chi connectivity index (χ0n) is 11.9. The quantitative estimate of drug-likeness (QED) is 0.629. The first kappa shape index (κ1) is 14.7. The Morgan fingerprint density at radius 1 is 1.45 bits per heavy atom. The van der Waals surface area contributed by atoms with E-state index in [1.54, 1.807) is 19.2 Å². The molecule has 0 spiro atoms. The van der Waals surface area contributed by atoms with Crippen molar-refractivity contribution >= 4 is 17.3 Å². The van der Waals surface area contributed by atoms with Crippen molar-refractivity contribution in [3.05, 3.63) is 23.8 Å². The van der Waals surface area contributed by atoms with Gasteiger partial charge >= 0.3 is 0 Å². The summed E-state index contributed by atoms with van der Waals surface area (Å²) in [5.74, 6) is 0.343. The lowest BCUT2D eigenvalue weighted by Crippen LogP contribution is -2.25. The molecular weight excluding hydrogens is 254 g/mol. The largest absolute Gasteiger partial charge is 0.397 e. The molecular formula is C15H23N3O2. The van der Waals surface area contributed by atoms with Gasteiger partial charge in [-0.3, -0.25) is 4.79 Å². The van der Waals surface area contributed by atoms with Crippen molar-refractivity contribution in [3.8, 4) is 0 Å². The molecule has 0 heterocycles. The number of amides is 1. The summed E-state index contributed by atoms with van der Waals surface area (Å²) in [5.41, 5.74) is 7.94. The first-order chi connectivity index (χ1) is 9.60. The number of nitrogen functional groups attached to an aromatic ring is 1. The molecule has 1 saturated carbocycles. The second-order valence-corrected chi connectivity index (χ2v) is 5.45. The molecule has 1 aromatic carbocycles. The van der Waals surface area contributed by atoms with Crippen molar-refractivity contribution in [2.45, 2.75) is 31.8 Å². The van der Waals surface area contributed by atoms with Crippen LogP contribution in [0.15, 0.2) is 18.2 Å². The van der Waals surface area contributed by atoms with Crippen LogP contribution in [-0.2, 0) is 0 Å². The minimum absolute atomic E-state index is 0.140. The lowest BCUT2D eigenvalue weighted by Gasteiger charge is -2.26. The lowest BCUT2D eigenvalue weighted by atomic mass is 9.87. The van der Waals surface area contributed by atoms with Gasteiger partial charge in [0.1, 0.15) is 0 Å². The van der Waals surface area contributed by atoms with Crippen LogP contribution < -0.4 is 16.4 Å². The van der Waals surface area contributed by atoms with E-state index < -0.39 is 0 Å². The molecule has 5 nitrogen and oxygen atoms in total. The van der Waals surface area contributed by atoms with Crippen LogP contribution in [0.4, 0.5) is 11.4 Å². The van der Waals surface area contributed by atoms with Crippen LogP contribution in [0.25, 0.3) is 0 Å². The number of carbonyl (C=O) groups is 1. The second kappa shape index (κ2) is 6.61. The van der Waals surface area contributed by atoms with Crippen molar-refractivity contribution in [2.24, 2.45) is 5.92 Å². The molecule has 0 aromatic heterocycles. The fourth-order valence-electron chi connectivity index (χ4n) is 2.71. The minimum Gasteiger partial charge on any atom is -0.397 e. The standard InChI is InChI=1S/C15H23N3O2/c1-17-15(20)11-5-6-14(13(16)8-11)18-9-10-3-2-4-12(19)7-10/h5-6,8,10,12,18-19H,2-4,7,9,16H2,1H3,(H,17,20). The maximum Gasteiger partial charge on any atom is 0.251 e. The number of rotatable bonds is 4. The Hall–Kier alpha value is -1.75. The summed E-state index contributed by atoms with van der Waals surface area (Å²) in [6.07, 6.45) is 3.82. The van der Waals surface area contributed by atoms with Crippen molar-refractivity contribution in [1.82, 2.24) is 5.32 Å². The highest BCUT2D eigenvalue weighted by molar-refractivity contribution is 5.95. The molecule has 110 valence electrons. The van der Waals surface area contributed by atoms with E-state index in [2.05, 4.69) is 10.6 Å². The molecule has 5 N–H and O–H groups in total. The summed E-state index contributed by atoms with van der Waals surface area (Å²) in [7, 11) is 1.60. The summed E-state index contributed by atoms with van der Waals surface area (Å²) in [6.45, 7) is 0.806. The van der Waals surface area contributed by atoms with Gasteiger partial charge in [0.05, 0.1) is 17.5 Å². The lowest BCUT2D eigenvalue weighted by molar-refractivity contribution is 0.0962. The Kier molecular flexibility index (Phi) is 4.84. The van der Waals surface area contributed by atoms with E-state index in [0.717, 1.165) is 37.9 Å². The van der Waals surface area contributed by atoms with Gasteiger partial charge in [-0.2, -0.15) is 0 Å². The average molecular weight is 277 g/mol. The van der Waals surface area contributed by atoms with Gasteiger partial charge in [-0.1, -0.05) is 6.42 Å². The Morgan fingerprint density at radius 3 is 2.90 bits per heavy atom. The topological polar surface area (TPSA) is 87.4 Å². The molecule has 2 unspecified atom stereocenters. The summed E-state index contributed by atoms with van der Waals surface area (Å²) in [6, 6.07) is 5.27. The number of carbonyl (C=O) groups excluding carboxylic acids is 1. The third kappa shape index (κ3) is 3.63. The first-order valence-electron chi connectivity index (χ1n) is 7.13. The van der Waals surface area contributed by atoms with Crippen molar-refractivity contribution in [3.63, 3.8) is 0 Å². The minimum atomic E-state index is -0.163. The highest BCUT2D eigenvalue weighted by Crippen LogP contribution is 2.26. The van der Waals surface area contributed by atoms with E-state index >= 15 is 0 Å². The van der Waals surface area contributed by atoms with Crippen molar-refractivity contribution < 1.29 is 9.90 Å². The van der Waals surface area contributed by atoms with Crippen molar-refractivity contribution in [1.29, 1.82) is 0 Å². The number of nitrogens with one attached hydrogen (secondary N) is 2. The second-order valence-electron chi connectivity index (χ2n) is 5.45. The molecule has 0 bridgehead atoms. The van der Waals surface area contributed by atoms with Gasteiger partial charge in [0.25, 0.3) is 5.91 Å². The maximum absolute atomic E-state index is 11.5. The van der Waals surface area contributed by atoms with Crippen LogP contribution in [0, 0.1) is 5.92 Å². The van der Waals surface area contributed by atoms with Gasteiger partial charge in [0, 0.05) is 19.2 Å². The van der Waals surface area contributed by atoms with Crippen LogP contribution in [0.5, 0.6) is 0 Å². The van der Waals surface area contributed by atoms with Gasteiger partial charge in [0.2, 0.25) is 0 Å². The zero-order chi connectivity index (χ0) is 14.5. The van der Waals surface area contributed by atoms with Crippen molar-refractivity contribution in [2.75, 3.05) is 24.6 Å². The number of anilines is 2. The highest BCUT2D eigenvalue weighted by atomic mass is 16.3. The van der Waals surface area contributed by atoms with Gasteiger partial charge < -0.3 is 21.5 Å². The normalized spacial score (nSPS) is 22.3. The predicted molar refractivity (Wildman–Crippen MR) is 80.7 cm³/mol. The highest BCUT2D eigenvalue weighted by Gasteiger charge is 2.20. The monoisotopic (exact) mass is 277 g/mol. The van der Waals surface area contributed by atoms with Gasteiger partial charge in [-0.25, -0.2) is 0 Å². The number of hydrogen-bond donors (Lipinski definition) is 4. The smallest absolute Gasteiger partial charge is 0.251 e. The molecule has 0 radical (unpaired) electrons. The van der Waals surface area contributed by atoms with E-state index in [1.807, 2.05) is 6.07 Å². The fourth-order valence-corrected chi connectivity index (χ4v) is 2.71. The molecule has 2 rings (SSSR count). The molecule has 1 amide bonds. The van der Waals surface area contributed by atoms with E-state index in [-0.39, 0.29) is 12.0 Å². The van der Waals surface area contributed by atoms with E-state index in [0.29, 0.717) is 17.2 Å². The van der Waals surface area contributed by atoms with E-state index in [1.165, 1.54) is 0 Å². The third-order valence-electron chi connectivity index (χ3n) is 3.88. The Bertz CT molecular complexity index is 476. The summed E-state index contributed by atoms with van der Waals surface area (Å²) in [4.78, 5) is 11.5. The molecule has 0 saturated heterocycles. The summed E-state index contributed by atoms with van der Waals surface area (Å²) < 4.78 is 0. The molecule has 1 aromatic rings. The van der Waals surface area contributed by atoms with Gasteiger partial charge in [-0.05, 0) is 43.4 Å². The van der Waals surface area contributed by atoms with Gasteiger partial charge in [-0.15, -0.1) is 0 Å². The summed E-state index contributed by atoms with van der Waals surface area (Å²) >= 11 is 0. The number of aliphatic hydroxyl groups is 1. The number of aliphatic hydroxyl groups excluding tert-OH is 1. The first-order valence-corrected chi connectivity index (χ1v) is 7.13. The van der Waals surface area contributed by atoms with Crippen LogP contribution in [0.1, 0.15) is 36.0 Å². The molecule has 20 heavy (non-hydrogen) atoms. The van der Waals surface area contributed by atoms with E-state index in [4.69, 9.17) is 5.73 Å². The number of benzene rings is 1. The average Bonchev–Trinajstić information content (AvgIpc) is 2.45. The van der Waals surface area contributed by atoms with Crippen LogP contribution in [0.3, 0.4) is 0 Å². The Labute approximate surface area is 119 Å². The van der Waals surface area contributed by atoms with E-state index in [9.17, 15) is 9.90 Å². The molecule has 0 aliphatic heterocycles. The fraction of sp³-hybridized carbons (Fsp3) is 0.533. The zero-order valence-corrected chi connectivity index (χ0v) is 11.9. The van der Waals surface area contributed by atoms with Crippen LogP contribution in [-0.4, -0.2) is 30.7 Å². The SMILES string of the molecule is CNC(=O)c1ccc(NCC2CCCC(O)C2)c(N)c1. The number of nitrogens with two attached hydrogens (primary N) is 1. The molecule has 5 heteroatoms. The molecule has 2 atom stereocenters. The van der Waals surface area contributed by atoms with Gasteiger partial charge in [0.15, 0.2) is 0 Å². The van der Waals surface area contributed by atoms with Crippen LogP contribution >= 0.6 is 0 Å². The third-order valence-corrected chi connectivity index (χ3v) is 3.88. The summed E-state index contributed by atoms with van der Waals surface area (Å²) in [5, 5.41) is 15.6. The predicted octanol–water partition coefficient (Wildman–Crippen LogP) is 1.59. The molecule has 1 fully saturated rings. The van der Waals surface area contributed by atoms with Crippen LogP contribution in [0.2, 0.25) is 0 Å². The Morgan fingerprint density at radius 2 is 2.25 bits per heavy atom. The molecule has 1 aliphatic rings. The maximum atomic E-state index is 11.5. The Balaban J connectivity index is 1.94. The number of hydrogen-bond acceptors (Lipinski definition) is 4. The molecule has 1 aliphatic carbocycles.